The molecule has 3 N–H and O–H groups in total. The summed E-state index contributed by atoms with van der Waals surface area (Å²) in [5.41, 5.74) is 0.681. The summed E-state index contributed by atoms with van der Waals surface area (Å²) >= 11 is 0. The van der Waals surface area contributed by atoms with E-state index in [4.69, 9.17) is 0 Å². The number of rotatable bonds is 2. The van der Waals surface area contributed by atoms with Crippen molar-refractivity contribution < 1.29 is 10.2 Å². The summed E-state index contributed by atoms with van der Waals surface area (Å²) in [6, 6.07) is 9.20. The fourth-order valence-electron chi connectivity index (χ4n) is 2.14. The molecule has 4 nitrogen and oxygen atoms in total. The molecule has 2 aromatic carbocycles. The van der Waals surface area contributed by atoms with Gasteiger partial charge in [0.05, 0.1) is 0 Å². The molecule has 0 saturated heterocycles. The second kappa shape index (κ2) is 4.07. The van der Waals surface area contributed by atoms with Crippen molar-refractivity contribution in [3.05, 3.63) is 54.1 Å². The van der Waals surface area contributed by atoms with E-state index in [9.17, 15) is 10.2 Å². The maximum absolute atomic E-state index is 10.0. The molecular formula is C14H12N2O2. The van der Waals surface area contributed by atoms with Gasteiger partial charge in [0.2, 0.25) is 0 Å². The molecule has 1 aromatic heterocycles. The zero-order valence-electron chi connectivity index (χ0n) is 9.59. The third-order valence-corrected chi connectivity index (χ3v) is 3.01. The molecule has 0 atom stereocenters. The number of hydrogen-bond donors (Lipinski definition) is 3. The lowest BCUT2D eigenvalue weighted by Gasteiger charge is -2.09. The minimum atomic E-state index is -0.102. The molecule has 0 aliphatic rings. The molecule has 18 heavy (non-hydrogen) atoms. The first kappa shape index (κ1) is 10.7. The summed E-state index contributed by atoms with van der Waals surface area (Å²) in [5, 5.41) is 21.6. The van der Waals surface area contributed by atoms with Crippen molar-refractivity contribution in [2.45, 2.75) is 6.42 Å². The number of aromatic nitrogens is 2. The lowest BCUT2D eigenvalue weighted by Crippen LogP contribution is -1.93. The number of aromatic amines is 1. The second-order valence-electron chi connectivity index (χ2n) is 4.16. The average Bonchev–Trinajstić information content (AvgIpc) is 2.88. The van der Waals surface area contributed by atoms with Crippen molar-refractivity contribution in [1.82, 2.24) is 9.97 Å². The van der Waals surface area contributed by atoms with Crippen LogP contribution in [0, 0.1) is 0 Å². The van der Waals surface area contributed by atoms with Crippen LogP contribution in [-0.2, 0) is 6.42 Å². The van der Waals surface area contributed by atoms with Crippen LogP contribution in [0.5, 0.6) is 11.5 Å². The van der Waals surface area contributed by atoms with Gasteiger partial charge in [-0.3, -0.25) is 0 Å². The highest BCUT2D eigenvalue weighted by molar-refractivity contribution is 5.90. The predicted molar refractivity (Wildman–Crippen MR) is 68.7 cm³/mol. The van der Waals surface area contributed by atoms with E-state index in [1.807, 2.05) is 24.3 Å². The number of nitrogens with one attached hydrogen (secondary N) is 1. The molecular weight excluding hydrogens is 228 g/mol. The van der Waals surface area contributed by atoms with Gasteiger partial charge in [-0.25, -0.2) is 4.98 Å². The quantitative estimate of drug-likeness (QED) is 0.603. The molecule has 0 amide bonds. The molecule has 0 fully saturated rings. The Labute approximate surface area is 104 Å². The molecule has 90 valence electrons. The largest absolute Gasteiger partial charge is 0.504 e. The maximum atomic E-state index is 10.0. The van der Waals surface area contributed by atoms with Gasteiger partial charge in [-0.2, -0.15) is 0 Å². The molecule has 0 radical (unpaired) electrons. The van der Waals surface area contributed by atoms with Gasteiger partial charge in [-0.15, -0.1) is 0 Å². The minimum absolute atomic E-state index is 0.0786. The molecule has 0 saturated carbocycles. The van der Waals surface area contributed by atoms with Gasteiger partial charge < -0.3 is 15.2 Å². The molecule has 4 heteroatoms. The van der Waals surface area contributed by atoms with Gasteiger partial charge in [-0.05, 0) is 16.8 Å². The first-order chi connectivity index (χ1) is 8.75. The fourth-order valence-corrected chi connectivity index (χ4v) is 2.14. The van der Waals surface area contributed by atoms with Crippen molar-refractivity contribution in [3.63, 3.8) is 0 Å². The normalized spacial score (nSPS) is 10.9. The van der Waals surface area contributed by atoms with Crippen LogP contribution in [0.2, 0.25) is 0 Å². The Kier molecular flexibility index (Phi) is 2.41. The first-order valence-corrected chi connectivity index (χ1v) is 5.66. The molecule has 0 bridgehead atoms. The third-order valence-electron chi connectivity index (χ3n) is 3.01. The molecule has 3 rings (SSSR count). The van der Waals surface area contributed by atoms with E-state index in [0.717, 1.165) is 16.6 Å². The van der Waals surface area contributed by atoms with E-state index in [0.29, 0.717) is 12.0 Å². The van der Waals surface area contributed by atoms with Crippen LogP contribution in [-0.4, -0.2) is 20.2 Å². The Hall–Kier alpha value is -2.49. The van der Waals surface area contributed by atoms with Crippen molar-refractivity contribution in [2.24, 2.45) is 0 Å². The first-order valence-electron chi connectivity index (χ1n) is 5.66. The van der Waals surface area contributed by atoms with Crippen molar-refractivity contribution >= 4 is 10.8 Å². The lowest BCUT2D eigenvalue weighted by molar-refractivity contribution is 0.401. The highest BCUT2D eigenvalue weighted by Crippen LogP contribution is 2.36. The molecule has 0 unspecified atom stereocenters. The Morgan fingerprint density at radius 1 is 1.17 bits per heavy atom. The molecule has 0 aliphatic carbocycles. The second-order valence-corrected chi connectivity index (χ2v) is 4.16. The zero-order chi connectivity index (χ0) is 12.5. The summed E-state index contributed by atoms with van der Waals surface area (Å²) in [6.07, 6.45) is 3.85. The van der Waals surface area contributed by atoms with Crippen LogP contribution in [0.15, 0.2) is 42.7 Å². The summed E-state index contributed by atoms with van der Waals surface area (Å²) in [5.74, 6) is 0.571. The number of fused-ring (bicyclic) bond motifs is 1. The number of H-pyrrole nitrogens is 1. The van der Waals surface area contributed by atoms with Crippen molar-refractivity contribution in [2.75, 3.05) is 0 Å². The molecule has 3 aromatic rings. The Bertz CT molecular complexity index is 690. The van der Waals surface area contributed by atoms with Crippen LogP contribution in [0.25, 0.3) is 10.8 Å². The van der Waals surface area contributed by atoms with Crippen LogP contribution >= 0.6 is 0 Å². The number of aromatic hydroxyl groups is 2. The zero-order valence-corrected chi connectivity index (χ0v) is 9.59. The fraction of sp³-hybridized carbons (Fsp3) is 0.0714. The van der Waals surface area contributed by atoms with Crippen LogP contribution in [0.4, 0.5) is 0 Å². The van der Waals surface area contributed by atoms with Gasteiger partial charge in [-0.1, -0.05) is 24.3 Å². The number of phenolic OH excluding ortho intramolecular Hbond substituents is 2. The van der Waals surface area contributed by atoms with E-state index in [1.54, 1.807) is 18.5 Å². The van der Waals surface area contributed by atoms with E-state index >= 15 is 0 Å². The average molecular weight is 240 g/mol. The van der Waals surface area contributed by atoms with E-state index < -0.39 is 0 Å². The van der Waals surface area contributed by atoms with E-state index in [-0.39, 0.29) is 11.5 Å². The third kappa shape index (κ3) is 1.68. The minimum Gasteiger partial charge on any atom is -0.504 e. The summed E-state index contributed by atoms with van der Waals surface area (Å²) in [7, 11) is 0. The van der Waals surface area contributed by atoms with E-state index in [1.165, 1.54) is 0 Å². The number of imidazole rings is 1. The lowest BCUT2D eigenvalue weighted by atomic mass is 10.00. The van der Waals surface area contributed by atoms with Gasteiger partial charge >= 0.3 is 0 Å². The topological polar surface area (TPSA) is 69.1 Å². The molecule has 0 spiro atoms. The van der Waals surface area contributed by atoms with Gasteiger partial charge in [0.15, 0.2) is 11.5 Å². The standard InChI is InChI=1S/C14H12N2O2/c17-12-7-9-3-1-2-4-10(9)11(14(12)18)8-13-15-5-6-16-13/h1-7,17-18H,8H2,(H,15,16). The number of hydrogen-bond acceptors (Lipinski definition) is 3. The highest BCUT2D eigenvalue weighted by Gasteiger charge is 2.13. The van der Waals surface area contributed by atoms with Gasteiger partial charge in [0.25, 0.3) is 0 Å². The Morgan fingerprint density at radius 2 is 2.00 bits per heavy atom. The maximum Gasteiger partial charge on any atom is 0.161 e. The van der Waals surface area contributed by atoms with E-state index in [2.05, 4.69) is 9.97 Å². The Morgan fingerprint density at radius 3 is 2.78 bits per heavy atom. The van der Waals surface area contributed by atoms with Crippen LogP contribution in [0.3, 0.4) is 0 Å². The smallest absolute Gasteiger partial charge is 0.161 e. The molecule has 1 heterocycles. The highest BCUT2D eigenvalue weighted by atomic mass is 16.3. The number of benzene rings is 2. The van der Waals surface area contributed by atoms with Crippen molar-refractivity contribution in [3.8, 4) is 11.5 Å². The summed E-state index contributed by atoms with van der Waals surface area (Å²) in [4.78, 5) is 7.13. The predicted octanol–water partition coefficient (Wildman–Crippen LogP) is 2.56. The van der Waals surface area contributed by atoms with Crippen LogP contribution in [0.1, 0.15) is 11.4 Å². The van der Waals surface area contributed by atoms with Crippen LogP contribution < -0.4 is 0 Å². The number of nitrogens with zero attached hydrogens (tertiary/aromatic N) is 1. The Balaban J connectivity index is 2.22. The van der Waals surface area contributed by atoms with Crippen molar-refractivity contribution in [1.29, 1.82) is 0 Å². The molecule has 0 aliphatic heterocycles. The summed E-state index contributed by atoms with van der Waals surface area (Å²) < 4.78 is 0. The number of phenols is 2. The summed E-state index contributed by atoms with van der Waals surface area (Å²) in [6.45, 7) is 0. The van der Waals surface area contributed by atoms with Gasteiger partial charge in [0.1, 0.15) is 5.82 Å². The van der Waals surface area contributed by atoms with Gasteiger partial charge in [0, 0.05) is 24.4 Å². The SMILES string of the molecule is Oc1cc2ccccc2c(Cc2ncc[nH]2)c1O. The monoisotopic (exact) mass is 240 g/mol.